The van der Waals surface area contributed by atoms with Crippen LogP contribution in [0.5, 0.6) is 0 Å². The molecular weight excluding hydrogens is 316 g/mol. The number of allylic oxidation sites excluding steroid dienone is 1. The highest BCUT2D eigenvalue weighted by molar-refractivity contribution is 6.38. The molecule has 4 N–H and O–H groups in total. The molecule has 2 aliphatic heterocycles. The molecule has 1 aromatic carbocycles. The molecular formula is C14H12N6O4. The van der Waals surface area contributed by atoms with Crippen molar-refractivity contribution in [3.05, 3.63) is 45.6 Å². The van der Waals surface area contributed by atoms with Crippen molar-refractivity contribution in [2.45, 2.75) is 6.92 Å². The van der Waals surface area contributed by atoms with Gasteiger partial charge < -0.3 is 16.4 Å². The average Bonchev–Trinajstić information content (AvgIpc) is 2.89. The van der Waals surface area contributed by atoms with Gasteiger partial charge in [0.1, 0.15) is 11.8 Å². The molecule has 10 nitrogen and oxygen atoms in total. The number of anilines is 1. The van der Waals surface area contributed by atoms with Gasteiger partial charge in [-0.15, -0.1) is 5.10 Å². The highest BCUT2D eigenvalue weighted by atomic mass is 16.6. The van der Waals surface area contributed by atoms with Crippen LogP contribution < -0.4 is 16.4 Å². The zero-order chi connectivity index (χ0) is 17.4. The lowest BCUT2D eigenvalue weighted by atomic mass is 9.90. The van der Waals surface area contributed by atoms with Crippen molar-refractivity contribution < 1.29 is 14.5 Å². The molecule has 2 aliphatic rings. The number of carbonyl (C=O) groups is 2. The summed E-state index contributed by atoms with van der Waals surface area (Å²) in [5, 5.41) is 23.4. The summed E-state index contributed by atoms with van der Waals surface area (Å²) in [5.41, 5.74) is 6.34. The topological polar surface area (TPSA) is 152 Å². The van der Waals surface area contributed by atoms with Crippen LogP contribution in [-0.4, -0.2) is 28.3 Å². The van der Waals surface area contributed by atoms with E-state index in [1.807, 2.05) is 0 Å². The third-order valence-corrected chi connectivity index (χ3v) is 3.59. The first-order valence-electron chi connectivity index (χ1n) is 6.87. The Labute approximate surface area is 135 Å². The van der Waals surface area contributed by atoms with Crippen molar-refractivity contribution in [1.82, 2.24) is 5.32 Å². The molecule has 10 heteroatoms. The average molecular weight is 328 g/mol. The maximum absolute atomic E-state index is 12.6. The minimum Gasteiger partial charge on any atom is -0.385 e. The molecule has 2 heterocycles. The molecule has 1 unspecified atom stereocenters. The van der Waals surface area contributed by atoms with Crippen LogP contribution >= 0.6 is 0 Å². The Kier molecular flexibility index (Phi) is 3.56. The van der Waals surface area contributed by atoms with Gasteiger partial charge in [-0.3, -0.25) is 19.7 Å². The molecule has 0 saturated carbocycles. The molecule has 1 aromatic rings. The van der Waals surface area contributed by atoms with E-state index in [1.165, 1.54) is 24.3 Å². The van der Waals surface area contributed by atoms with Crippen molar-refractivity contribution in [3.63, 3.8) is 0 Å². The van der Waals surface area contributed by atoms with E-state index in [9.17, 15) is 19.7 Å². The predicted molar refractivity (Wildman–Crippen MR) is 85.1 cm³/mol. The lowest BCUT2D eigenvalue weighted by Gasteiger charge is -2.23. The second-order valence-corrected chi connectivity index (χ2v) is 5.19. The van der Waals surface area contributed by atoms with Crippen molar-refractivity contribution in [1.29, 1.82) is 0 Å². The van der Waals surface area contributed by atoms with E-state index in [2.05, 4.69) is 20.8 Å². The molecule has 0 saturated heterocycles. The Hall–Kier alpha value is -3.56. The summed E-state index contributed by atoms with van der Waals surface area (Å²) in [4.78, 5) is 34.7. The number of fused-ring (bicyclic) bond motifs is 1. The molecule has 24 heavy (non-hydrogen) atoms. The highest BCUT2D eigenvalue weighted by Crippen LogP contribution is 2.25. The van der Waals surface area contributed by atoms with Crippen LogP contribution in [0.3, 0.4) is 0 Å². The van der Waals surface area contributed by atoms with E-state index in [0.717, 1.165) is 0 Å². The maximum Gasteiger partial charge on any atom is 0.271 e. The number of nitrogens with one attached hydrogen (secondary N) is 2. The Morgan fingerprint density at radius 2 is 2.17 bits per heavy atom. The summed E-state index contributed by atoms with van der Waals surface area (Å²) in [5.74, 6) is -1.87. The summed E-state index contributed by atoms with van der Waals surface area (Å²) >= 11 is 0. The van der Waals surface area contributed by atoms with Crippen molar-refractivity contribution in [2.24, 2.45) is 21.9 Å². The second-order valence-electron chi connectivity index (χ2n) is 5.19. The first-order chi connectivity index (χ1) is 11.4. The van der Waals surface area contributed by atoms with Gasteiger partial charge in [-0.1, -0.05) is 6.07 Å². The minimum absolute atomic E-state index is 0.00986. The molecule has 0 aliphatic carbocycles. The second kappa shape index (κ2) is 5.57. The standard InChI is InChI=1S/C14H12N6O4/c1-6-9(11-10(14(22)16-6)12(15)19-18-11)13(21)17-7-3-2-4-8(5-7)20(23)24/h2-5,10H,1H3,(H2,15,19)(H,16,22)(H,17,21). The number of nitro groups is 1. The van der Waals surface area contributed by atoms with Crippen LogP contribution in [0.25, 0.3) is 0 Å². The van der Waals surface area contributed by atoms with E-state index < -0.39 is 22.7 Å². The number of amides is 2. The van der Waals surface area contributed by atoms with Gasteiger partial charge in [0.15, 0.2) is 0 Å². The van der Waals surface area contributed by atoms with E-state index in [0.29, 0.717) is 5.70 Å². The predicted octanol–water partition coefficient (Wildman–Crippen LogP) is 0.280. The third kappa shape index (κ3) is 2.49. The smallest absolute Gasteiger partial charge is 0.271 e. The SMILES string of the molecule is CC1=C(C(=O)Nc2cccc([N+](=O)[O-])c2)C2=NN=C(N)C2C(=O)N1. The number of non-ortho nitro benzene ring substituents is 1. The highest BCUT2D eigenvalue weighted by Gasteiger charge is 2.41. The van der Waals surface area contributed by atoms with E-state index in [4.69, 9.17) is 5.73 Å². The van der Waals surface area contributed by atoms with Crippen LogP contribution in [0.15, 0.2) is 45.7 Å². The van der Waals surface area contributed by atoms with Gasteiger partial charge in [-0.05, 0) is 13.0 Å². The van der Waals surface area contributed by atoms with Gasteiger partial charge in [0.2, 0.25) is 5.91 Å². The van der Waals surface area contributed by atoms with Crippen molar-refractivity contribution in [2.75, 3.05) is 5.32 Å². The number of nitrogens with two attached hydrogens (primary N) is 1. The van der Waals surface area contributed by atoms with Gasteiger partial charge in [0.05, 0.1) is 16.2 Å². The Morgan fingerprint density at radius 1 is 1.42 bits per heavy atom. The fraction of sp³-hybridized carbons (Fsp3) is 0.143. The summed E-state index contributed by atoms with van der Waals surface area (Å²) in [6.45, 7) is 1.55. The molecule has 3 rings (SSSR count). The normalized spacial score (nSPS) is 19.2. The van der Waals surface area contributed by atoms with Crippen LogP contribution in [0.4, 0.5) is 11.4 Å². The maximum atomic E-state index is 12.6. The van der Waals surface area contributed by atoms with E-state index in [1.54, 1.807) is 6.92 Å². The quantitative estimate of drug-likeness (QED) is 0.537. The fourth-order valence-corrected chi connectivity index (χ4v) is 2.51. The Balaban J connectivity index is 1.90. The molecule has 0 spiro atoms. The van der Waals surface area contributed by atoms with Crippen LogP contribution in [0, 0.1) is 16.0 Å². The molecule has 1 atom stereocenters. The number of benzene rings is 1. The number of nitrogens with zero attached hydrogens (tertiary/aromatic N) is 3. The Bertz CT molecular complexity index is 870. The van der Waals surface area contributed by atoms with Crippen molar-refractivity contribution in [3.8, 4) is 0 Å². The van der Waals surface area contributed by atoms with Gasteiger partial charge in [0, 0.05) is 23.5 Å². The monoisotopic (exact) mass is 328 g/mol. The number of nitro benzene ring substituents is 1. The van der Waals surface area contributed by atoms with E-state index >= 15 is 0 Å². The van der Waals surface area contributed by atoms with Gasteiger partial charge >= 0.3 is 0 Å². The molecule has 0 aromatic heterocycles. The van der Waals surface area contributed by atoms with Gasteiger partial charge in [-0.2, -0.15) is 5.10 Å². The fourth-order valence-electron chi connectivity index (χ4n) is 2.51. The van der Waals surface area contributed by atoms with Crippen molar-refractivity contribution >= 4 is 34.7 Å². The summed E-state index contributed by atoms with van der Waals surface area (Å²) in [6.07, 6.45) is 0. The number of carbonyl (C=O) groups excluding carboxylic acids is 2. The molecule has 0 radical (unpaired) electrons. The van der Waals surface area contributed by atoms with Crippen LogP contribution in [-0.2, 0) is 9.59 Å². The zero-order valence-corrected chi connectivity index (χ0v) is 12.4. The number of amidine groups is 1. The van der Waals surface area contributed by atoms with Gasteiger partial charge in [0.25, 0.3) is 11.6 Å². The summed E-state index contributed by atoms with van der Waals surface area (Å²) in [7, 11) is 0. The molecule has 2 amide bonds. The lowest BCUT2D eigenvalue weighted by molar-refractivity contribution is -0.384. The first-order valence-corrected chi connectivity index (χ1v) is 6.87. The third-order valence-electron chi connectivity index (χ3n) is 3.59. The minimum atomic E-state index is -0.903. The number of hydrogen-bond acceptors (Lipinski definition) is 7. The zero-order valence-electron chi connectivity index (χ0n) is 12.4. The van der Waals surface area contributed by atoms with Crippen LogP contribution in [0.2, 0.25) is 0 Å². The molecule has 122 valence electrons. The Morgan fingerprint density at radius 3 is 2.88 bits per heavy atom. The molecule has 0 bridgehead atoms. The first kappa shape index (κ1) is 15.3. The molecule has 0 fully saturated rings. The number of rotatable bonds is 3. The largest absolute Gasteiger partial charge is 0.385 e. The van der Waals surface area contributed by atoms with E-state index in [-0.39, 0.29) is 28.5 Å². The lowest BCUT2D eigenvalue weighted by Crippen LogP contribution is -2.47. The summed E-state index contributed by atoms with van der Waals surface area (Å²) < 4.78 is 0. The summed E-state index contributed by atoms with van der Waals surface area (Å²) in [6, 6.07) is 5.51. The van der Waals surface area contributed by atoms with Crippen LogP contribution in [0.1, 0.15) is 6.92 Å². The van der Waals surface area contributed by atoms with Gasteiger partial charge in [-0.25, -0.2) is 0 Å². The number of hydrogen-bond donors (Lipinski definition) is 3.